The van der Waals surface area contributed by atoms with Gasteiger partial charge in [-0.1, -0.05) is 25.1 Å². The number of hydrogen-bond donors (Lipinski definition) is 1. The van der Waals surface area contributed by atoms with Crippen molar-refractivity contribution in [3.05, 3.63) is 52.2 Å². The maximum atomic E-state index is 13.0. The number of nitrogens with zero attached hydrogens (tertiary/aromatic N) is 4. The number of H-pyrrole nitrogens is 1. The number of hydrogen-bond acceptors (Lipinski definition) is 4. The third kappa shape index (κ3) is 2.52. The van der Waals surface area contributed by atoms with Gasteiger partial charge in [0, 0.05) is 6.54 Å². The van der Waals surface area contributed by atoms with E-state index in [0.29, 0.717) is 23.5 Å². The van der Waals surface area contributed by atoms with Crippen molar-refractivity contribution in [2.45, 2.75) is 32.7 Å². The molecule has 7 heteroatoms. The molecule has 1 aliphatic rings. The number of amides is 1. The summed E-state index contributed by atoms with van der Waals surface area (Å²) in [5.41, 5.74) is 3.48. The van der Waals surface area contributed by atoms with Crippen LogP contribution >= 0.6 is 0 Å². The number of aromatic nitrogens is 4. The molecule has 1 aliphatic heterocycles. The van der Waals surface area contributed by atoms with Crippen molar-refractivity contribution in [1.82, 2.24) is 19.7 Å². The van der Waals surface area contributed by atoms with Crippen LogP contribution in [0, 0.1) is 6.92 Å². The molecule has 1 unspecified atom stereocenters. The second-order valence-corrected chi connectivity index (χ2v) is 6.52. The van der Waals surface area contributed by atoms with Gasteiger partial charge in [0.25, 0.3) is 5.56 Å². The minimum atomic E-state index is -0.253. The number of aryl methyl sites for hydroxylation is 1. The summed E-state index contributed by atoms with van der Waals surface area (Å²) in [6, 6.07) is 6.16. The molecule has 2 aromatic heterocycles. The average Bonchev–Trinajstić information content (AvgIpc) is 3.00. The van der Waals surface area contributed by atoms with E-state index >= 15 is 0 Å². The molecule has 3 heterocycles. The van der Waals surface area contributed by atoms with Gasteiger partial charge in [0.1, 0.15) is 11.9 Å². The molecule has 1 N–H and O–H groups in total. The molecule has 0 bridgehead atoms. The lowest BCUT2D eigenvalue weighted by Gasteiger charge is -2.34. The Hall–Kier alpha value is -2.96. The third-order valence-electron chi connectivity index (χ3n) is 4.88. The molecule has 4 rings (SSSR count). The van der Waals surface area contributed by atoms with Crippen LogP contribution in [0.5, 0.6) is 0 Å². The van der Waals surface area contributed by atoms with Gasteiger partial charge in [-0.05, 0) is 30.4 Å². The molecule has 0 saturated heterocycles. The van der Waals surface area contributed by atoms with Crippen molar-refractivity contribution in [1.29, 1.82) is 0 Å². The van der Waals surface area contributed by atoms with E-state index in [1.165, 1.54) is 22.8 Å². The Morgan fingerprint density at radius 3 is 3.08 bits per heavy atom. The second-order valence-electron chi connectivity index (χ2n) is 6.52. The average molecular weight is 337 g/mol. The topological polar surface area (TPSA) is 83.9 Å². The first-order valence-corrected chi connectivity index (χ1v) is 8.35. The SMILES string of the molecule is Cc1cccc2c1N(C(=O)Cn1ncc3c(=O)[nH]cnc31)CCC2C. The Morgan fingerprint density at radius 1 is 1.40 bits per heavy atom. The molecule has 0 fully saturated rings. The van der Waals surface area contributed by atoms with Crippen LogP contribution in [0.15, 0.2) is 35.5 Å². The minimum absolute atomic E-state index is 0.0467. The molecular weight excluding hydrogens is 318 g/mol. The Bertz CT molecular complexity index is 1020. The molecule has 128 valence electrons. The number of fused-ring (bicyclic) bond motifs is 2. The van der Waals surface area contributed by atoms with Crippen molar-refractivity contribution in [2.75, 3.05) is 11.4 Å². The lowest BCUT2D eigenvalue weighted by molar-refractivity contribution is -0.119. The van der Waals surface area contributed by atoms with E-state index in [2.05, 4.69) is 28.1 Å². The molecule has 0 spiro atoms. The van der Waals surface area contributed by atoms with Crippen LogP contribution < -0.4 is 10.5 Å². The van der Waals surface area contributed by atoms with Crippen LogP contribution in [0.3, 0.4) is 0 Å². The zero-order valence-electron chi connectivity index (χ0n) is 14.2. The largest absolute Gasteiger partial charge is 0.312 e. The smallest absolute Gasteiger partial charge is 0.261 e. The first kappa shape index (κ1) is 15.6. The van der Waals surface area contributed by atoms with Crippen molar-refractivity contribution in [2.24, 2.45) is 0 Å². The fourth-order valence-electron chi connectivity index (χ4n) is 3.52. The highest BCUT2D eigenvalue weighted by molar-refractivity contribution is 5.96. The Kier molecular flexibility index (Phi) is 3.63. The zero-order valence-corrected chi connectivity index (χ0v) is 14.2. The number of aromatic amines is 1. The van der Waals surface area contributed by atoms with E-state index in [4.69, 9.17) is 0 Å². The van der Waals surface area contributed by atoms with Crippen molar-refractivity contribution < 1.29 is 4.79 Å². The highest BCUT2D eigenvalue weighted by atomic mass is 16.2. The molecular formula is C18H19N5O2. The molecule has 1 atom stereocenters. The number of para-hydroxylation sites is 1. The molecule has 1 amide bonds. The number of anilines is 1. The predicted octanol–water partition coefficient (Wildman–Crippen LogP) is 1.97. The predicted molar refractivity (Wildman–Crippen MR) is 94.7 cm³/mol. The lowest BCUT2D eigenvalue weighted by atomic mass is 9.89. The second kappa shape index (κ2) is 5.84. The molecule has 0 saturated carbocycles. The van der Waals surface area contributed by atoms with E-state index < -0.39 is 0 Å². The highest BCUT2D eigenvalue weighted by Gasteiger charge is 2.28. The van der Waals surface area contributed by atoms with Gasteiger partial charge in [-0.15, -0.1) is 0 Å². The van der Waals surface area contributed by atoms with Gasteiger partial charge < -0.3 is 9.88 Å². The van der Waals surface area contributed by atoms with Crippen LogP contribution in [0.2, 0.25) is 0 Å². The maximum absolute atomic E-state index is 13.0. The van der Waals surface area contributed by atoms with Crippen LogP contribution in [0.4, 0.5) is 5.69 Å². The number of carbonyl (C=O) groups is 1. The summed E-state index contributed by atoms with van der Waals surface area (Å²) in [5.74, 6) is 0.388. The van der Waals surface area contributed by atoms with E-state index in [1.807, 2.05) is 24.0 Å². The summed E-state index contributed by atoms with van der Waals surface area (Å²) in [6.07, 6.45) is 3.71. The summed E-state index contributed by atoms with van der Waals surface area (Å²) in [7, 11) is 0. The van der Waals surface area contributed by atoms with Gasteiger partial charge in [-0.2, -0.15) is 5.10 Å². The van der Waals surface area contributed by atoms with Crippen LogP contribution in [0.25, 0.3) is 11.0 Å². The quantitative estimate of drug-likeness (QED) is 0.775. The number of nitrogens with one attached hydrogen (secondary N) is 1. The Balaban J connectivity index is 1.69. The summed E-state index contributed by atoms with van der Waals surface area (Å²) in [4.78, 5) is 33.2. The number of rotatable bonds is 2. The Labute approximate surface area is 144 Å². The molecule has 7 nitrogen and oxygen atoms in total. The molecule has 1 aromatic carbocycles. The van der Waals surface area contributed by atoms with Crippen molar-refractivity contribution >= 4 is 22.6 Å². The van der Waals surface area contributed by atoms with E-state index in [0.717, 1.165) is 17.7 Å². The maximum Gasteiger partial charge on any atom is 0.261 e. The van der Waals surface area contributed by atoms with E-state index in [1.54, 1.807) is 0 Å². The van der Waals surface area contributed by atoms with Crippen LogP contribution in [-0.2, 0) is 11.3 Å². The van der Waals surface area contributed by atoms with Gasteiger partial charge in [0.2, 0.25) is 5.91 Å². The summed E-state index contributed by atoms with van der Waals surface area (Å²) >= 11 is 0. The van der Waals surface area contributed by atoms with Gasteiger partial charge in [-0.3, -0.25) is 9.59 Å². The van der Waals surface area contributed by atoms with E-state index in [9.17, 15) is 9.59 Å². The molecule has 3 aromatic rings. The van der Waals surface area contributed by atoms with Crippen molar-refractivity contribution in [3.8, 4) is 0 Å². The minimum Gasteiger partial charge on any atom is -0.312 e. The van der Waals surface area contributed by atoms with Crippen LogP contribution in [-0.4, -0.2) is 32.2 Å². The van der Waals surface area contributed by atoms with Gasteiger partial charge >= 0.3 is 0 Å². The Morgan fingerprint density at radius 2 is 2.24 bits per heavy atom. The fourth-order valence-corrected chi connectivity index (χ4v) is 3.52. The fraction of sp³-hybridized carbons (Fsp3) is 0.333. The summed E-state index contributed by atoms with van der Waals surface area (Å²) in [5, 5.41) is 4.56. The van der Waals surface area contributed by atoms with Gasteiger partial charge in [0.15, 0.2) is 5.65 Å². The normalized spacial score (nSPS) is 16.9. The number of benzene rings is 1. The van der Waals surface area contributed by atoms with Gasteiger partial charge in [0.05, 0.1) is 18.2 Å². The molecule has 25 heavy (non-hydrogen) atoms. The molecule has 0 radical (unpaired) electrons. The molecule has 0 aliphatic carbocycles. The van der Waals surface area contributed by atoms with Gasteiger partial charge in [-0.25, -0.2) is 9.67 Å². The highest BCUT2D eigenvalue weighted by Crippen LogP contribution is 2.37. The first-order valence-electron chi connectivity index (χ1n) is 8.35. The lowest BCUT2D eigenvalue weighted by Crippen LogP contribution is -2.39. The monoisotopic (exact) mass is 337 g/mol. The first-order chi connectivity index (χ1) is 12.1. The van der Waals surface area contributed by atoms with Crippen LogP contribution in [0.1, 0.15) is 30.4 Å². The zero-order chi connectivity index (χ0) is 17.6. The van der Waals surface area contributed by atoms with Crippen molar-refractivity contribution in [3.63, 3.8) is 0 Å². The standard InChI is InChI=1S/C18H19N5O2/c1-11-6-7-22(16-12(2)4-3-5-13(11)16)15(24)9-23-17-14(8-21-23)18(25)20-10-19-17/h3-5,8,10-11H,6-7,9H2,1-2H3,(H,19,20,25). The third-order valence-corrected chi connectivity index (χ3v) is 4.88. The summed E-state index contributed by atoms with van der Waals surface area (Å²) in [6.45, 7) is 4.96. The van der Waals surface area contributed by atoms with E-state index in [-0.39, 0.29) is 18.0 Å². The summed E-state index contributed by atoms with van der Waals surface area (Å²) < 4.78 is 1.49. The number of carbonyl (C=O) groups excluding carboxylic acids is 1.